The van der Waals surface area contributed by atoms with E-state index in [2.05, 4.69) is 43.2 Å². The van der Waals surface area contributed by atoms with Gasteiger partial charge < -0.3 is 20.1 Å². The molecule has 3 heterocycles. The lowest BCUT2D eigenvalue weighted by Gasteiger charge is -2.33. The number of guanidine groups is 1. The summed E-state index contributed by atoms with van der Waals surface area (Å²) < 4.78 is 2.00. The zero-order valence-corrected chi connectivity index (χ0v) is 17.7. The van der Waals surface area contributed by atoms with E-state index in [1.54, 1.807) is 11.3 Å². The Kier molecular flexibility index (Phi) is 6.26. The first-order valence-corrected chi connectivity index (χ1v) is 11.2. The van der Waals surface area contributed by atoms with Crippen molar-refractivity contribution in [3.05, 3.63) is 34.0 Å². The highest BCUT2D eigenvalue weighted by molar-refractivity contribution is 7.09. The van der Waals surface area contributed by atoms with Gasteiger partial charge >= 0.3 is 0 Å². The Bertz CT molecular complexity index is 771. The van der Waals surface area contributed by atoms with Gasteiger partial charge in [0.05, 0.1) is 0 Å². The molecule has 28 heavy (non-hydrogen) atoms. The normalized spacial score (nSPS) is 19.1. The van der Waals surface area contributed by atoms with E-state index in [1.807, 2.05) is 18.5 Å². The summed E-state index contributed by atoms with van der Waals surface area (Å²) >= 11 is 1.81. The Hall–Kier alpha value is -1.93. The van der Waals surface area contributed by atoms with Crippen LogP contribution in [-0.4, -0.2) is 57.3 Å². The molecule has 0 unspecified atom stereocenters. The Morgan fingerprint density at radius 1 is 1.25 bits per heavy atom. The maximum Gasteiger partial charge on any atom is 0.191 e. The number of likely N-dealkylation sites (tertiary alicyclic amines) is 1. The molecule has 1 saturated heterocycles. The van der Waals surface area contributed by atoms with Crippen LogP contribution in [0.25, 0.3) is 0 Å². The van der Waals surface area contributed by atoms with E-state index in [9.17, 15) is 0 Å². The van der Waals surface area contributed by atoms with Crippen molar-refractivity contribution in [3.63, 3.8) is 0 Å². The van der Waals surface area contributed by atoms with Gasteiger partial charge in [0.2, 0.25) is 0 Å². The summed E-state index contributed by atoms with van der Waals surface area (Å²) in [4.78, 5) is 8.86. The molecule has 0 bridgehead atoms. The number of aryl methyl sites for hydroxylation is 1. The van der Waals surface area contributed by atoms with Crippen LogP contribution in [0.5, 0.6) is 0 Å². The molecule has 2 fully saturated rings. The SMILES string of the molecule is Cc1nnc(CN=C(NCCc2cccs2)NC2CCN(C3CC3)CC2)n1C. The Labute approximate surface area is 171 Å². The molecule has 152 valence electrons. The first kappa shape index (κ1) is 19.4. The lowest BCUT2D eigenvalue weighted by atomic mass is 10.1. The van der Waals surface area contributed by atoms with Crippen LogP contribution in [0.2, 0.25) is 0 Å². The van der Waals surface area contributed by atoms with Gasteiger partial charge in [-0.2, -0.15) is 0 Å². The van der Waals surface area contributed by atoms with Crippen molar-refractivity contribution in [2.45, 2.75) is 57.7 Å². The summed E-state index contributed by atoms with van der Waals surface area (Å²) in [5.74, 6) is 2.69. The number of rotatable bonds is 7. The summed E-state index contributed by atoms with van der Waals surface area (Å²) in [6.07, 6.45) is 6.18. The highest BCUT2D eigenvalue weighted by atomic mass is 32.1. The first-order chi connectivity index (χ1) is 13.7. The van der Waals surface area contributed by atoms with E-state index in [0.29, 0.717) is 12.6 Å². The molecule has 0 radical (unpaired) electrons. The summed E-state index contributed by atoms with van der Waals surface area (Å²) in [6.45, 7) is 5.78. The smallest absolute Gasteiger partial charge is 0.191 e. The molecular formula is C20H31N7S. The van der Waals surface area contributed by atoms with Crippen LogP contribution in [0.15, 0.2) is 22.5 Å². The molecule has 0 spiro atoms. The number of hydrogen-bond donors (Lipinski definition) is 2. The van der Waals surface area contributed by atoms with Crippen LogP contribution in [0, 0.1) is 6.92 Å². The van der Waals surface area contributed by atoms with Gasteiger partial charge in [-0.1, -0.05) is 6.07 Å². The molecule has 0 aromatic carbocycles. The van der Waals surface area contributed by atoms with Crippen LogP contribution in [0.4, 0.5) is 0 Å². The average Bonchev–Trinajstić information content (AvgIpc) is 3.34. The van der Waals surface area contributed by atoms with Crippen molar-refractivity contribution in [1.82, 2.24) is 30.3 Å². The second-order valence-electron chi connectivity index (χ2n) is 7.83. The van der Waals surface area contributed by atoms with Gasteiger partial charge in [-0.3, -0.25) is 0 Å². The fraction of sp³-hybridized carbons (Fsp3) is 0.650. The van der Waals surface area contributed by atoms with E-state index in [0.717, 1.165) is 36.6 Å². The van der Waals surface area contributed by atoms with Gasteiger partial charge in [0, 0.05) is 43.6 Å². The second-order valence-corrected chi connectivity index (χ2v) is 8.86. The zero-order valence-electron chi connectivity index (χ0n) is 16.9. The minimum atomic E-state index is 0.490. The third kappa shape index (κ3) is 5.11. The van der Waals surface area contributed by atoms with Crippen molar-refractivity contribution in [3.8, 4) is 0 Å². The molecule has 2 aliphatic rings. The van der Waals surface area contributed by atoms with Crippen molar-refractivity contribution >= 4 is 17.3 Å². The number of hydrogen-bond acceptors (Lipinski definition) is 5. The Balaban J connectivity index is 1.34. The monoisotopic (exact) mass is 401 g/mol. The van der Waals surface area contributed by atoms with E-state index in [4.69, 9.17) is 4.99 Å². The fourth-order valence-electron chi connectivity index (χ4n) is 3.69. The minimum Gasteiger partial charge on any atom is -0.356 e. The molecule has 0 amide bonds. The van der Waals surface area contributed by atoms with Gasteiger partial charge in [0.25, 0.3) is 0 Å². The second kappa shape index (κ2) is 9.05. The van der Waals surface area contributed by atoms with Gasteiger partial charge in [0.15, 0.2) is 11.8 Å². The summed E-state index contributed by atoms with van der Waals surface area (Å²) in [5, 5.41) is 17.7. The number of nitrogens with zero attached hydrogens (tertiary/aromatic N) is 5. The van der Waals surface area contributed by atoms with Crippen molar-refractivity contribution in [2.75, 3.05) is 19.6 Å². The number of aromatic nitrogens is 3. The maximum atomic E-state index is 4.81. The predicted molar refractivity (Wildman–Crippen MR) is 114 cm³/mol. The number of aliphatic imine (C=N–C) groups is 1. The third-order valence-corrected chi connectivity index (χ3v) is 6.68. The molecule has 4 rings (SSSR count). The summed E-state index contributed by atoms with van der Waals surface area (Å²) in [6, 6.07) is 5.66. The van der Waals surface area contributed by atoms with Crippen LogP contribution in [0.1, 0.15) is 42.2 Å². The number of piperidine rings is 1. The van der Waals surface area contributed by atoms with Crippen LogP contribution < -0.4 is 10.6 Å². The predicted octanol–water partition coefficient (Wildman–Crippen LogP) is 2.09. The largest absolute Gasteiger partial charge is 0.356 e. The third-order valence-electron chi connectivity index (χ3n) is 5.74. The van der Waals surface area contributed by atoms with E-state index < -0.39 is 0 Å². The molecule has 2 aromatic heterocycles. The standard InChI is InChI=1S/C20H31N7S/c1-15-24-25-19(26(15)2)14-22-20(21-10-7-18-4-3-13-28-18)23-16-8-11-27(12-9-16)17-5-6-17/h3-4,13,16-17H,5-12,14H2,1-2H3,(H2,21,22,23). The molecule has 1 saturated carbocycles. The average molecular weight is 402 g/mol. The van der Waals surface area contributed by atoms with E-state index in [1.165, 1.54) is 43.6 Å². The molecule has 1 aliphatic carbocycles. The quantitative estimate of drug-likeness (QED) is 0.549. The lowest BCUT2D eigenvalue weighted by molar-refractivity contribution is 0.197. The van der Waals surface area contributed by atoms with E-state index >= 15 is 0 Å². The lowest BCUT2D eigenvalue weighted by Crippen LogP contribution is -2.49. The minimum absolute atomic E-state index is 0.490. The molecule has 8 heteroatoms. The zero-order chi connectivity index (χ0) is 19.3. The van der Waals surface area contributed by atoms with Crippen LogP contribution in [0.3, 0.4) is 0 Å². The number of nitrogens with one attached hydrogen (secondary N) is 2. The van der Waals surface area contributed by atoms with Crippen molar-refractivity contribution < 1.29 is 0 Å². The molecular weight excluding hydrogens is 370 g/mol. The molecule has 7 nitrogen and oxygen atoms in total. The maximum absolute atomic E-state index is 4.81. The highest BCUT2D eigenvalue weighted by Gasteiger charge is 2.31. The van der Waals surface area contributed by atoms with Gasteiger partial charge in [-0.15, -0.1) is 21.5 Å². The molecule has 0 atom stereocenters. The van der Waals surface area contributed by atoms with Gasteiger partial charge in [-0.25, -0.2) is 4.99 Å². The van der Waals surface area contributed by atoms with Gasteiger partial charge in [-0.05, 0) is 50.5 Å². The fourth-order valence-corrected chi connectivity index (χ4v) is 4.40. The molecule has 2 N–H and O–H groups in total. The van der Waals surface area contributed by atoms with E-state index in [-0.39, 0.29) is 0 Å². The Morgan fingerprint density at radius 3 is 2.71 bits per heavy atom. The van der Waals surface area contributed by atoms with Crippen LogP contribution >= 0.6 is 11.3 Å². The van der Waals surface area contributed by atoms with Gasteiger partial charge in [0.1, 0.15) is 12.4 Å². The summed E-state index contributed by atoms with van der Waals surface area (Å²) in [5.41, 5.74) is 0. The number of thiophene rings is 1. The first-order valence-electron chi connectivity index (χ1n) is 10.3. The summed E-state index contributed by atoms with van der Waals surface area (Å²) in [7, 11) is 1.99. The van der Waals surface area contributed by atoms with Crippen molar-refractivity contribution in [1.29, 1.82) is 0 Å². The molecule has 2 aromatic rings. The topological polar surface area (TPSA) is 70.4 Å². The van der Waals surface area contributed by atoms with Crippen LogP contribution in [-0.2, 0) is 20.0 Å². The highest BCUT2D eigenvalue weighted by Crippen LogP contribution is 2.29. The van der Waals surface area contributed by atoms with Crippen molar-refractivity contribution in [2.24, 2.45) is 12.0 Å². The Morgan fingerprint density at radius 2 is 2.07 bits per heavy atom. The molecule has 1 aliphatic heterocycles.